The van der Waals surface area contributed by atoms with Gasteiger partial charge in [0.25, 0.3) is 0 Å². The molecule has 2 amide bonds. The number of H-pyrrole nitrogens is 1. The smallest absolute Gasteiger partial charge is 0.242 e. The molecule has 0 radical (unpaired) electrons. The maximum absolute atomic E-state index is 13.9. The lowest BCUT2D eigenvalue weighted by Gasteiger charge is -2.32. The number of aromatic amines is 1. The second-order valence-corrected chi connectivity index (χ2v) is 11.7. The van der Waals surface area contributed by atoms with Gasteiger partial charge in [-0.05, 0) is 47.7 Å². The molecule has 6 nitrogen and oxygen atoms in total. The van der Waals surface area contributed by atoms with Crippen molar-refractivity contribution < 1.29 is 9.59 Å². The van der Waals surface area contributed by atoms with E-state index >= 15 is 0 Å². The quantitative estimate of drug-likeness (QED) is 0.258. The fourth-order valence-corrected chi connectivity index (χ4v) is 4.90. The number of anilines is 1. The summed E-state index contributed by atoms with van der Waals surface area (Å²) in [4.78, 5) is 36.4. The Labute approximate surface area is 238 Å². The molecular formula is C34H42N4O2. The molecule has 0 bridgehead atoms. The summed E-state index contributed by atoms with van der Waals surface area (Å²) in [5.74, 6) is -0.0501. The average molecular weight is 539 g/mol. The van der Waals surface area contributed by atoms with Crippen LogP contribution in [-0.2, 0) is 29.0 Å². The molecule has 0 saturated carbocycles. The molecule has 210 valence electrons. The Bertz CT molecular complexity index is 1400. The highest BCUT2D eigenvalue weighted by atomic mass is 16.2. The highest BCUT2D eigenvalue weighted by Gasteiger charge is 2.29. The Kier molecular flexibility index (Phi) is 9.30. The lowest BCUT2D eigenvalue weighted by Crippen LogP contribution is -2.47. The molecule has 0 atom stereocenters. The molecule has 0 aliphatic heterocycles. The molecule has 0 saturated heterocycles. The van der Waals surface area contributed by atoms with Gasteiger partial charge >= 0.3 is 0 Å². The largest absolute Gasteiger partial charge is 0.378 e. The molecule has 40 heavy (non-hydrogen) atoms. The number of aromatic nitrogens is 1. The van der Waals surface area contributed by atoms with E-state index in [0.717, 1.165) is 28.8 Å². The molecule has 6 heteroatoms. The minimum absolute atomic E-state index is 0.0105. The Morgan fingerprint density at radius 3 is 2.08 bits per heavy atom. The van der Waals surface area contributed by atoms with Crippen LogP contribution < -0.4 is 4.90 Å². The molecule has 0 unspecified atom stereocenters. The Balaban J connectivity index is 1.54. The first-order valence-electron chi connectivity index (χ1n) is 14.0. The minimum Gasteiger partial charge on any atom is -0.378 e. The maximum atomic E-state index is 13.9. The van der Waals surface area contributed by atoms with Gasteiger partial charge in [0.05, 0.1) is 6.54 Å². The van der Waals surface area contributed by atoms with Crippen LogP contribution in [0.1, 0.15) is 37.5 Å². The molecule has 0 spiro atoms. The number of carbonyl (C=O) groups excluding carboxylic acids is 2. The number of amides is 2. The molecule has 1 N–H and O–H groups in total. The summed E-state index contributed by atoms with van der Waals surface area (Å²) in [6.07, 6.45) is 3.47. The van der Waals surface area contributed by atoms with Crippen LogP contribution in [0.25, 0.3) is 10.9 Å². The van der Waals surface area contributed by atoms with E-state index in [0.29, 0.717) is 26.1 Å². The Hall–Kier alpha value is -4.06. The van der Waals surface area contributed by atoms with Crippen molar-refractivity contribution in [2.24, 2.45) is 5.41 Å². The zero-order chi connectivity index (χ0) is 28.7. The number of rotatable bonds is 11. The van der Waals surface area contributed by atoms with Gasteiger partial charge in [0.2, 0.25) is 11.8 Å². The summed E-state index contributed by atoms with van der Waals surface area (Å²) < 4.78 is 0. The number of para-hydroxylation sites is 1. The van der Waals surface area contributed by atoms with Gasteiger partial charge in [0.1, 0.15) is 0 Å². The van der Waals surface area contributed by atoms with Crippen molar-refractivity contribution in [2.75, 3.05) is 38.6 Å². The summed E-state index contributed by atoms with van der Waals surface area (Å²) in [6.45, 7) is 7.35. The number of nitrogens with zero attached hydrogens (tertiary/aromatic N) is 3. The molecule has 1 heterocycles. The summed E-state index contributed by atoms with van der Waals surface area (Å²) in [5.41, 5.74) is 5.03. The second-order valence-electron chi connectivity index (χ2n) is 11.7. The zero-order valence-corrected chi connectivity index (χ0v) is 24.5. The van der Waals surface area contributed by atoms with Crippen molar-refractivity contribution in [2.45, 2.75) is 40.2 Å². The normalized spacial score (nSPS) is 11.4. The van der Waals surface area contributed by atoms with Crippen LogP contribution in [0.5, 0.6) is 0 Å². The third-order valence-corrected chi connectivity index (χ3v) is 7.27. The lowest BCUT2D eigenvalue weighted by molar-refractivity contribution is -0.145. The van der Waals surface area contributed by atoms with Gasteiger partial charge in [-0.3, -0.25) is 9.59 Å². The van der Waals surface area contributed by atoms with Gasteiger partial charge in [-0.25, -0.2) is 0 Å². The van der Waals surface area contributed by atoms with E-state index in [1.165, 1.54) is 10.9 Å². The highest BCUT2D eigenvalue weighted by molar-refractivity contribution is 5.87. The van der Waals surface area contributed by atoms with Gasteiger partial charge in [0, 0.05) is 61.9 Å². The molecular weight excluding hydrogens is 496 g/mol. The number of carbonyl (C=O) groups is 2. The summed E-state index contributed by atoms with van der Waals surface area (Å²) in [7, 11) is 4.03. The monoisotopic (exact) mass is 538 g/mol. The van der Waals surface area contributed by atoms with Gasteiger partial charge in [-0.2, -0.15) is 0 Å². The topological polar surface area (TPSA) is 59.7 Å². The Morgan fingerprint density at radius 1 is 0.750 bits per heavy atom. The van der Waals surface area contributed by atoms with Crippen molar-refractivity contribution in [3.63, 3.8) is 0 Å². The van der Waals surface area contributed by atoms with Crippen molar-refractivity contribution in [3.05, 3.63) is 102 Å². The molecule has 4 rings (SSSR count). The first kappa shape index (κ1) is 28.9. The van der Waals surface area contributed by atoms with Crippen molar-refractivity contribution in [1.82, 2.24) is 14.8 Å². The van der Waals surface area contributed by atoms with E-state index in [2.05, 4.69) is 58.4 Å². The third-order valence-electron chi connectivity index (χ3n) is 7.27. The van der Waals surface area contributed by atoms with E-state index in [4.69, 9.17) is 0 Å². The number of nitrogens with one attached hydrogen (secondary N) is 1. The highest BCUT2D eigenvalue weighted by Crippen LogP contribution is 2.21. The molecule has 4 aromatic rings. The van der Waals surface area contributed by atoms with E-state index in [-0.39, 0.29) is 18.4 Å². The van der Waals surface area contributed by atoms with E-state index in [9.17, 15) is 9.59 Å². The van der Waals surface area contributed by atoms with Crippen LogP contribution in [0, 0.1) is 5.41 Å². The van der Waals surface area contributed by atoms with E-state index in [1.807, 2.05) is 76.3 Å². The van der Waals surface area contributed by atoms with Crippen molar-refractivity contribution >= 4 is 28.4 Å². The number of fused-ring (bicyclic) bond motifs is 1. The SMILES string of the molecule is CN(C)c1ccc(CN(CCc2c[nH]c3ccccc23)C(=O)CN(CCc2ccccc2)C(=O)C(C)(C)C)cc1. The van der Waals surface area contributed by atoms with Gasteiger partial charge < -0.3 is 19.7 Å². The summed E-state index contributed by atoms with van der Waals surface area (Å²) in [5, 5.41) is 1.18. The van der Waals surface area contributed by atoms with Crippen LogP contribution in [0.15, 0.2) is 85.1 Å². The zero-order valence-electron chi connectivity index (χ0n) is 24.5. The Morgan fingerprint density at radius 2 is 1.40 bits per heavy atom. The molecule has 0 aliphatic carbocycles. The van der Waals surface area contributed by atoms with Crippen LogP contribution in [0.2, 0.25) is 0 Å². The van der Waals surface area contributed by atoms with Crippen LogP contribution >= 0.6 is 0 Å². The van der Waals surface area contributed by atoms with Crippen molar-refractivity contribution in [1.29, 1.82) is 0 Å². The first-order chi connectivity index (χ1) is 19.1. The van der Waals surface area contributed by atoms with Gasteiger partial charge in [-0.15, -0.1) is 0 Å². The average Bonchev–Trinajstić information content (AvgIpc) is 3.36. The maximum Gasteiger partial charge on any atom is 0.242 e. The number of hydrogen-bond acceptors (Lipinski definition) is 3. The number of benzene rings is 3. The first-order valence-corrected chi connectivity index (χ1v) is 14.0. The predicted octanol–water partition coefficient (Wildman–Crippen LogP) is 5.92. The standard InChI is InChI=1S/C34H42N4O2/c1-34(2,3)33(40)38(21-19-26-11-7-6-8-12-26)25-32(39)37(24-27-15-17-29(18-16-27)36(4)5)22-20-28-23-35-31-14-10-9-13-30(28)31/h6-18,23,35H,19-22,24-25H2,1-5H3. The van der Waals surface area contributed by atoms with Gasteiger partial charge in [-0.1, -0.05) is 81.4 Å². The van der Waals surface area contributed by atoms with E-state index < -0.39 is 5.41 Å². The lowest BCUT2D eigenvalue weighted by atomic mass is 9.94. The second kappa shape index (κ2) is 12.9. The molecule has 1 aromatic heterocycles. The van der Waals surface area contributed by atoms with E-state index in [1.54, 1.807) is 4.90 Å². The molecule has 0 fully saturated rings. The van der Waals surface area contributed by atoms with Crippen molar-refractivity contribution in [3.8, 4) is 0 Å². The number of hydrogen-bond donors (Lipinski definition) is 1. The summed E-state index contributed by atoms with van der Waals surface area (Å²) in [6, 6.07) is 26.7. The predicted molar refractivity (Wildman–Crippen MR) is 164 cm³/mol. The minimum atomic E-state index is -0.576. The van der Waals surface area contributed by atoms with Crippen LogP contribution in [-0.4, -0.2) is 60.3 Å². The fraction of sp³-hybridized carbons (Fsp3) is 0.353. The van der Waals surface area contributed by atoms with Crippen LogP contribution in [0.3, 0.4) is 0 Å². The van der Waals surface area contributed by atoms with Gasteiger partial charge in [0.15, 0.2) is 0 Å². The molecule has 0 aliphatic rings. The van der Waals surface area contributed by atoms with Crippen LogP contribution in [0.4, 0.5) is 5.69 Å². The fourth-order valence-electron chi connectivity index (χ4n) is 4.90. The summed E-state index contributed by atoms with van der Waals surface area (Å²) >= 11 is 0. The molecule has 3 aromatic carbocycles. The third kappa shape index (κ3) is 7.53.